The maximum absolute atomic E-state index is 16.2. The standard InChI is InChI=1S/C74H86N4O12/c1-4-55(74(87)31-38-24-42(74)25-39-30-72(67(84)51-10-7-9-46(38)59(39)51)22-19-41-8-5-6-21-73(41,86)35-72)70(85)89-58-29-53-64(83)62-57(82)28-44(33-79)88-66(62)63-60-50-20-23-76-68(75)61(50)48(16-13-37-12-14-43(81)27-52(37)54(60)34-80)47-18-17-45-40(26-56(47)71(58,3)90-65(53)63)32-77-69-49(45)15-11-36(2)78-69/h4,7,9-12,14-15,20,27-28,32,36,38-39,41-42,47-48,54,56,58,60,67,69,76-81,83-84,86-87H,5-6,8,13,16-19,21-26,29-31,33-35,75H2,1-3H3/b55-4+/t36-,38+,39-,41-,42+,47-,48-,54-,56+,58-,60-,67-,69?,71+,72-,73+,74+/m1/s1. The van der Waals surface area contributed by atoms with E-state index >= 15 is 4.79 Å². The van der Waals surface area contributed by atoms with Crippen LogP contribution in [0.1, 0.15) is 192 Å². The van der Waals surface area contributed by atoms with Crippen molar-refractivity contribution in [1.29, 1.82) is 0 Å². The summed E-state index contributed by atoms with van der Waals surface area (Å²) in [5.74, 6) is -3.41. The van der Waals surface area contributed by atoms with Crippen LogP contribution in [0.5, 0.6) is 17.2 Å². The highest BCUT2D eigenvalue weighted by atomic mass is 16.6. The van der Waals surface area contributed by atoms with Crippen LogP contribution in [-0.4, -0.2) is 90.0 Å². The first kappa shape index (κ1) is 58.4. The number of rotatable bonds is 5. The van der Waals surface area contributed by atoms with E-state index in [1.54, 1.807) is 25.1 Å². The van der Waals surface area contributed by atoms with Crippen molar-refractivity contribution in [3.05, 3.63) is 167 Å². The van der Waals surface area contributed by atoms with Crippen molar-refractivity contribution >= 4 is 16.9 Å². The Morgan fingerprint density at radius 3 is 2.59 bits per heavy atom. The molecule has 0 radical (unpaired) electrons. The summed E-state index contributed by atoms with van der Waals surface area (Å²) < 4.78 is 21.9. The molecule has 5 aliphatic heterocycles. The van der Waals surface area contributed by atoms with Gasteiger partial charge in [-0.2, -0.15) is 0 Å². The molecule has 90 heavy (non-hydrogen) atoms. The second kappa shape index (κ2) is 21.2. The number of carbonyl (C=O) groups excluding carboxylic acids is 1. The van der Waals surface area contributed by atoms with Gasteiger partial charge >= 0.3 is 5.97 Å². The summed E-state index contributed by atoms with van der Waals surface area (Å²) in [6.45, 7) is 5.23. The second-order valence-electron chi connectivity index (χ2n) is 29.6. The normalized spacial score (nSPS) is 37.9. The lowest BCUT2D eigenvalue weighted by Gasteiger charge is -2.56. The average molecular weight is 1220 g/mol. The minimum Gasteiger partial charge on any atom is -0.508 e. The fraction of sp³-hybridized carbons (Fsp3) is 0.541. The first-order chi connectivity index (χ1) is 43.4. The second-order valence-corrected chi connectivity index (χ2v) is 29.6. The molecule has 0 saturated heterocycles. The van der Waals surface area contributed by atoms with Gasteiger partial charge in [0.1, 0.15) is 64.3 Å². The number of benzene rings is 3. The van der Waals surface area contributed by atoms with E-state index in [1.165, 1.54) is 17.2 Å². The zero-order valence-corrected chi connectivity index (χ0v) is 51.8. The Bertz CT molecular complexity index is 3970. The number of hydrogen-bond acceptors (Lipinski definition) is 16. The molecular formula is C74H86N4O12. The maximum Gasteiger partial charge on any atom is 0.337 e. The number of allylic oxidation sites excluding steroid dienone is 5. The monoisotopic (exact) mass is 1220 g/mol. The number of phenolic OH excluding ortho intramolecular Hbond substituents is 2. The number of aliphatic hydroxyl groups excluding tert-OH is 3. The zero-order valence-electron chi connectivity index (χ0n) is 51.8. The molecular weight excluding hydrogens is 1140 g/mol. The minimum absolute atomic E-state index is 0.0164. The number of hydrogen-bond donors (Lipinski definition) is 11. The molecule has 4 aromatic rings. The molecule has 1 unspecified atom stereocenters. The number of aryl methyl sites for hydroxylation is 1. The van der Waals surface area contributed by atoms with Crippen molar-refractivity contribution < 1.29 is 54.4 Å². The van der Waals surface area contributed by atoms with Gasteiger partial charge in [0.25, 0.3) is 0 Å². The third kappa shape index (κ3) is 8.58. The molecule has 12 aliphatic rings. The molecule has 4 saturated carbocycles. The van der Waals surface area contributed by atoms with Crippen molar-refractivity contribution in [2.75, 3.05) is 13.2 Å². The molecule has 7 aliphatic carbocycles. The largest absolute Gasteiger partial charge is 0.508 e. The average Bonchev–Trinajstić information content (AvgIpc) is 1.01. The van der Waals surface area contributed by atoms with Crippen LogP contribution in [0, 0.1) is 35.0 Å². The summed E-state index contributed by atoms with van der Waals surface area (Å²) in [5, 5.41) is 96.8. The van der Waals surface area contributed by atoms with E-state index in [1.807, 2.05) is 19.1 Å². The summed E-state index contributed by atoms with van der Waals surface area (Å²) in [6, 6.07) is 12.9. The number of ether oxygens (including phenoxy) is 2. The summed E-state index contributed by atoms with van der Waals surface area (Å²) >= 11 is 0. The highest BCUT2D eigenvalue weighted by Gasteiger charge is 2.62. The van der Waals surface area contributed by atoms with Gasteiger partial charge in [-0.05, 0) is 214 Å². The molecule has 1 aromatic heterocycles. The number of carbonyl (C=O) groups is 1. The van der Waals surface area contributed by atoms with E-state index in [0.717, 1.165) is 77.5 Å². The maximum atomic E-state index is 16.2. The summed E-state index contributed by atoms with van der Waals surface area (Å²) in [5.41, 5.74) is 13.1. The molecule has 1 spiro atoms. The van der Waals surface area contributed by atoms with Gasteiger partial charge < -0.3 is 66.0 Å². The molecule has 6 heterocycles. The highest BCUT2D eigenvalue weighted by Crippen LogP contribution is 2.67. The Balaban J connectivity index is 0.861. The molecule has 0 amide bonds. The molecule has 474 valence electrons. The van der Waals surface area contributed by atoms with E-state index < -0.39 is 82.5 Å². The fourth-order valence-electron chi connectivity index (χ4n) is 21.3. The van der Waals surface area contributed by atoms with Gasteiger partial charge in [-0.15, -0.1) is 0 Å². The fourth-order valence-corrected chi connectivity index (χ4v) is 21.3. The Labute approximate surface area is 524 Å². The van der Waals surface area contributed by atoms with Gasteiger partial charge in [0, 0.05) is 65.6 Å². The Morgan fingerprint density at radius 2 is 1.77 bits per heavy atom. The topological polar surface area (TPSA) is 269 Å². The van der Waals surface area contributed by atoms with Crippen molar-refractivity contribution in [3.8, 4) is 17.2 Å². The van der Waals surface area contributed by atoms with Crippen LogP contribution in [0.3, 0.4) is 0 Å². The van der Waals surface area contributed by atoms with Crippen LogP contribution in [0.2, 0.25) is 0 Å². The Morgan fingerprint density at radius 1 is 0.933 bits per heavy atom. The molecule has 6 bridgehead atoms. The SMILES string of the molecule is C/C=C(\C(=O)O[C@@H]1Cc2c3c(c4oc(CO)cc(=O)c4c2O)[C@@H]2C4=CCNC(N)=C4[C@H](CCc4ccc(O)cc4[C@H]2CO)[C@H]2CCC4=C5C=C[C@@H](C)NC5NC=C4C[C@@H]2[C@]1(C)O3)[C@]1(O)C[C@@H]2C[C@H]1C[C@@H]1C[C@@]3(CC[C@H]4CCCC[C@]4(O)C3)[C@H](O)c3cccc2c31. The van der Waals surface area contributed by atoms with Crippen molar-refractivity contribution in [3.63, 3.8) is 0 Å². The van der Waals surface area contributed by atoms with Gasteiger partial charge in [0.05, 0.1) is 29.5 Å². The lowest BCUT2D eigenvalue weighted by molar-refractivity contribution is -0.172. The predicted octanol–water partition coefficient (Wildman–Crippen LogP) is 9.40. The number of dihydropyridines is 2. The quantitative estimate of drug-likeness (QED) is 0.0656. The smallest absolute Gasteiger partial charge is 0.337 e. The van der Waals surface area contributed by atoms with Gasteiger partial charge in [0.2, 0.25) is 0 Å². The highest BCUT2D eigenvalue weighted by molar-refractivity contribution is 5.93. The molecule has 16 nitrogen and oxygen atoms in total. The summed E-state index contributed by atoms with van der Waals surface area (Å²) in [6.07, 6.45) is 19.5. The van der Waals surface area contributed by atoms with E-state index in [0.29, 0.717) is 81.3 Å². The lowest BCUT2D eigenvalue weighted by atomic mass is 9.51. The van der Waals surface area contributed by atoms with Crippen molar-refractivity contribution in [2.45, 2.75) is 201 Å². The Hall–Kier alpha value is -6.66. The molecule has 12 N–H and O–H groups in total. The van der Waals surface area contributed by atoms with Crippen molar-refractivity contribution in [2.24, 2.45) is 40.7 Å². The van der Waals surface area contributed by atoms with E-state index in [9.17, 15) is 40.5 Å². The van der Waals surface area contributed by atoms with E-state index in [4.69, 9.17) is 19.6 Å². The van der Waals surface area contributed by atoms with Crippen LogP contribution in [0.15, 0.2) is 121 Å². The van der Waals surface area contributed by atoms with Crippen LogP contribution in [-0.2, 0) is 29.0 Å². The number of phenols is 2. The van der Waals surface area contributed by atoms with Gasteiger partial charge in [-0.25, -0.2) is 4.79 Å². The Kier molecular flexibility index (Phi) is 13.8. The molecule has 17 atom stereocenters. The van der Waals surface area contributed by atoms with Gasteiger partial charge in [0.15, 0.2) is 5.43 Å². The van der Waals surface area contributed by atoms with Crippen LogP contribution in [0.4, 0.5) is 0 Å². The number of esters is 1. The number of nitrogens with one attached hydrogen (secondary N) is 3. The van der Waals surface area contributed by atoms with E-state index in [-0.39, 0.29) is 99.9 Å². The first-order valence-electron chi connectivity index (χ1n) is 33.6. The van der Waals surface area contributed by atoms with Crippen LogP contribution < -0.4 is 31.8 Å². The van der Waals surface area contributed by atoms with Crippen LogP contribution in [0.25, 0.3) is 11.0 Å². The zero-order chi connectivity index (χ0) is 62.1. The number of fused-ring (bicyclic) bond motifs is 14. The summed E-state index contributed by atoms with van der Waals surface area (Å²) in [7, 11) is 0. The third-order valence-corrected chi connectivity index (χ3v) is 25.2. The predicted molar refractivity (Wildman–Crippen MR) is 338 cm³/mol. The number of nitrogens with two attached hydrogens (primary N) is 1. The van der Waals surface area contributed by atoms with E-state index in [2.05, 4.69) is 59.4 Å². The van der Waals surface area contributed by atoms with Gasteiger partial charge in [-0.1, -0.05) is 61.4 Å². The van der Waals surface area contributed by atoms with Gasteiger partial charge in [-0.3, -0.25) is 10.1 Å². The molecule has 16 heteroatoms. The molecule has 16 rings (SSSR count). The van der Waals surface area contributed by atoms with Crippen molar-refractivity contribution in [1.82, 2.24) is 16.0 Å². The lowest BCUT2D eigenvalue weighted by Crippen LogP contribution is -2.59. The minimum atomic E-state index is -1.62. The number of aliphatic hydroxyl groups is 5. The molecule has 3 aromatic carbocycles. The first-order valence-corrected chi connectivity index (χ1v) is 33.6. The molecule has 4 fully saturated rings. The van der Waals surface area contributed by atoms with Crippen LogP contribution >= 0.6 is 0 Å². The third-order valence-electron chi connectivity index (χ3n) is 25.2. The summed E-state index contributed by atoms with van der Waals surface area (Å²) in [4.78, 5) is 31.0. The number of aromatic hydroxyl groups is 2.